The van der Waals surface area contributed by atoms with Gasteiger partial charge in [0.15, 0.2) is 0 Å². The molecule has 7 heteroatoms. The van der Waals surface area contributed by atoms with E-state index >= 15 is 0 Å². The molecule has 0 saturated heterocycles. The monoisotopic (exact) mass is 323 g/mol. The largest absolute Gasteiger partial charge is 0.480 e. The highest BCUT2D eigenvalue weighted by molar-refractivity contribution is 7.89. The lowest BCUT2D eigenvalue weighted by Crippen LogP contribution is -2.42. The molecule has 2 aromatic rings. The molecule has 0 aliphatic carbocycles. The normalized spacial score (nSPS) is 12.8. The summed E-state index contributed by atoms with van der Waals surface area (Å²) >= 11 is 0. The van der Waals surface area contributed by atoms with Gasteiger partial charge in [0.25, 0.3) is 0 Å². The van der Waals surface area contributed by atoms with E-state index in [9.17, 15) is 22.7 Å². The molecule has 2 aromatic carbocycles. The van der Waals surface area contributed by atoms with Gasteiger partial charge in [0.1, 0.15) is 16.8 Å². The summed E-state index contributed by atoms with van der Waals surface area (Å²) in [5, 5.41) is 9.19. The molecule has 0 aliphatic rings. The van der Waals surface area contributed by atoms with Crippen LogP contribution < -0.4 is 4.72 Å². The van der Waals surface area contributed by atoms with E-state index < -0.39 is 32.7 Å². The lowest BCUT2D eigenvalue weighted by molar-refractivity contribution is -0.138. The minimum absolute atomic E-state index is 0.0378. The minimum atomic E-state index is -4.26. The first-order valence-corrected chi connectivity index (χ1v) is 7.92. The molecule has 0 saturated carbocycles. The van der Waals surface area contributed by atoms with Crippen LogP contribution in [0.3, 0.4) is 0 Å². The predicted octanol–water partition coefficient (Wildman–Crippen LogP) is 1.80. The lowest BCUT2D eigenvalue weighted by Gasteiger charge is -2.15. The highest BCUT2D eigenvalue weighted by Gasteiger charge is 2.27. The summed E-state index contributed by atoms with van der Waals surface area (Å²) in [7, 11) is -4.26. The average molecular weight is 323 g/mol. The summed E-state index contributed by atoms with van der Waals surface area (Å²) in [6, 6.07) is 12.0. The van der Waals surface area contributed by atoms with Crippen LogP contribution in [-0.4, -0.2) is 25.5 Å². The van der Waals surface area contributed by atoms with Crippen LogP contribution in [0.5, 0.6) is 0 Å². The molecule has 2 rings (SSSR count). The Morgan fingerprint density at radius 2 is 1.68 bits per heavy atom. The van der Waals surface area contributed by atoms with Crippen molar-refractivity contribution in [3.8, 4) is 0 Å². The van der Waals surface area contributed by atoms with Crippen LogP contribution >= 0.6 is 0 Å². The number of carboxylic acid groups (broad SMARTS) is 1. The number of carboxylic acids is 1. The minimum Gasteiger partial charge on any atom is -0.480 e. The van der Waals surface area contributed by atoms with E-state index in [0.717, 1.165) is 12.1 Å². The van der Waals surface area contributed by atoms with E-state index in [0.29, 0.717) is 5.56 Å². The SMILES string of the molecule is O=C(O)C(Cc1ccccc1)NS(=O)(=O)c1ccccc1F. The van der Waals surface area contributed by atoms with E-state index in [1.807, 2.05) is 4.72 Å². The van der Waals surface area contributed by atoms with Gasteiger partial charge >= 0.3 is 5.97 Å². The Bertz CT molecular complexity index is 762. The molecule has 0 aromatic heterocycles. The Morgan fingerprint density at radius 1 is 1.09 bits per heavy atom. The number of halogens is 1. The highest BCUT2D eigenvalue weighted by Crippen LogP contribution is 2.14. The Kier molecular flexibility index (Phi) is 4.89. The first kappa shape index (κ1) is 16.1. The quantitative estimate of drug-likeness (QED) is 0.849. The maximum atomic E-state index is 13.6. The number of hydrogen-bond donors (Lipinski definition) is 2. The molecule has 5 nitrogen and oxygen atoms in total. The van der Waals surface area contributed by atoms with Crippen molar-refractivity contribution >= 4 is 16.0 Å². The second kappa shape index (κ2) is 6.67. The molecular formula is C15H14FNO4S. The van der Waals surface area contributed by atoms with Crippen LogP contribution in [0.4, 0.5) is 4.39 Å². The zero-order valence-corrected chi connectivity index (χ0v) is 12.3. The van der Waals surface area contributed by atoms with Gasteiger partial charge in [-0.05, 0) is 24.1 Å². The van der Waals surface area contributed by atoms with Gasteiger partial charge in [-0.15, -0.1) is 0 Å². The first-order chi connectivity index (χ1) is 10.4. The Labute approximate surface area is 127 Å². The molecule has 1 atom stereocenters. The molecule has 22 heavy (non-hydrogen) atoms. The summed E-state index contributed by atoms with van der Waals surface area (Å²) in [4.78, 5) is 10.7. The molecule has 0 spiro atoms. The van der Waals surface area contributed by atoms with Gasteiger partial charge in [0.2, 0.25) is 10.0 Å². The van der Waals surface area contributed by atoms with Crippen LogP contribution in [0.2, 0.25) is 0 Å². The first-order valence-electron chi connectivity index (χ1n) is 6.44. The standard InChI is InChI=1S/C15H14FNO4S/c16-12-8-4-5-9-14(12)22(20,21)17-13(15(18)19)10-11-6-2-1-3-7-11/h1-9,13,17H,10H2,(H,18,19). The fourth-order valence-electron chi connectivity index (χ4n) is 1.94. The van der Waals surface area contributed by atoms with Crippen molar-refractivity contribution in [2.24, 2.45) is 0 Å². The van der Waals surface area contributed by atoms with Gasteiger partial charge in [0.05, 0.1) is 0 Å². The van der Waals surface area contributed by atoms with E-state index in [4.69, 9.17) is 0 Å². The predicted molar refractivity (Wildman–Crippen MR) is 78.3 cm³/mol. The summed E-state index contributed by atoms with van der Waals surface area (Å²) < 4.78 is 39.9. The van der Waals surface area contributed by atoms with E-state index in [2.05, 4.69) is 0 Å². The Morgan fingerprint density at radius 3 is 2.27 bits per heavy atom. The van der Waals surface area contributed by atoms with Gasteiger partial charge in [-0.3, -0.25) is 4.79 Å². The molecule has 0 bridgehead atoms. The van der Waals surface area contributed by atoms with Crippen molar-refractivity contribution < 1.29 is 22.7 Å². The van der Waals surface area contributed by atoms with Crippen molar-refractivity contribution in [2.45, 2.75) is 17.4 Å². The Balaban J connectivity index is 2.24. The van der Waals surface area contributed by atoms with Crippen LogP contribution in [0.1, 0.15) is 5.56 Å². The van der Waals surface area contributed by atoms with Gasteiger partial charge in [-0.1, -0.05) is 42.5 Å². The lowest BCUT2D eigenvalue weighted by atomic mass is 10.1. The van der Waals surface area contributed by atoms with Crippen LogP contribution in [0, 0.1) is 5.82 Å². The van der Waals surface area contributed by atoms with Crippen molar-refractivity contribution in [2.75, 3.05) is 0 Å². The molecule has 116 valence electrons. The third-order valence-corrected chi connectivity index (χ3v) is 4.51. The fourth-order valence-corrected chi connectivity index (χ4v) is 3.21. The van der Waals surface area contributed by atoms with Gasteiger partial charge in [0, 0.05) is 0 Å². The molecule has 0 aliphatic heterocycles. The summed E-state index contributed by atoms with van der Waals surface area (Å²) in [5.74, 6) is -2.26. The second-order valence-electron chi connectivity index (χ2n) is 4.63. The average Bonchev–Trinajstić information content (AvgIpc) is 2.47. The maximum absolute atomic E-state index is 13.6. The third kappa shape index (κ3) is 3.90. The maximum Gasteiger partial charge on any atom is 0.322 e. The van der Waals surface area contributed by atoms with Crippen molar-refractivity contribution in [1.29, 1.82) is 0 Å². The van der Waals surface area contributed by atoms with Crippen molar-refractivity contribution in [3.05, 3.63) is 66.0 Å². The number of hydrogen-bond acceptors (Lipinski definition) is 3. The summed E-state index contributed by atoms with van der Waals surface area (Å²) in [5.41, 5.74) is 0.658. The molecular weight excluding hydrogens is 309 g/mol. The fraction of sp³-hybridized carbons (Fsp3) is 0.133. The molecule has 1 unspecified atom stereocenters. The summed E-state index contributed by atoms with van der Waals surface area (Å²) in [6.45, 7) is 0. The van der Waals surface area contributed by atoms with Gasteiger partial charge in [-0.2, -0.15) is 4.72 Å². The highest BCUT2D eigenvalue weighted by atomic mass is 32.2. The van der Waals surface area contributed by atoms with Crippen LogP contribution in [0.25, 0.3) is 0 Å². The number of nitrogens with one attached hydrogen (secondary N) is 1. The molecule has 0 fully saturated rings. The van der Waals surface area contributed by atoms with E-state index in [1.165, 1.54) is 12.1 Å². The number of aliphatic carboxylic acids is 1. The Hall–Kier alpha value is -2.25. The van der Waals surface area contributed by atoms with Crippen LogP contribution in [0.15, 0.2) is 59.5 Å². The number of benzene rings is 2. The molecule has 2 N–H and O–H groups in total. The number of rotatable bonds is 6. The second-order valence-corrected chi connectivity index (χ2v) is 6.31. The van der Waals surface area contributed by atoms with Crippen LogP contribution in [-0.2, 0) is 21.2 Å². The van der Waals surface area contributed by atoms with Gasteiger partial charge in [-0.25, -0.2) is 12.8 Å². The third-order valence-electron chi connectivity index (χ3n) is 3.00. The molecule has 0 radical (unpaired) electrons. The van der Waals surface area contributed by atoms with Crippen molar-refractivity contribution in [3.63, 3.8) is 0 Å². The number of sulfonamides is 1. The zero-order chi connectivity index (χ0) is 16.2. The summed E-state index contributed by atoms with van der Waals surface area (Å²) in [6.07, 6.45) is -0.0378. The van der Waals surface area contributed by atoms with Gasteiger partial charge < -0.3 is 5.11 Å². The smallest absolute Gasteiger partial charge is 0.322 e. The molecule has 0 amide bonds. The van der Waals surface area contributed by atoms with E-state index in [-0.39, 0.29) is 6.42 Å². The number of carbonyl (C=O) groups is 1. The zero-order valence-electron chi connectivity index (χ0n) is 11.4. The molecule has 0 heterocycles. The topological polar surface area (TPSA) is 83.5 Å². The van der Waals surface area contributed by atoms with Crippen molar-refractivity contribution in [1.82, 2.24) is 4.72 Å². The van der Waals surface area contributed by atoms with E-state index in [1.54, 1.807) is 30.3 Å².